The Balaban J connectivity index is 0.00000144. The van der Waals surface area contributed by atoms with Crippen molar-refractivity contribution in [2.75, 3.05) is 6.61 Å². The maximum Gasteiger partial charge on any atom is 0.100 e. The van der Waals surface area contributed by atoms with E-state index in [-0.39, 0.29) is 24.6 Å². The van der Waals surface area contributed by atoms with E-state index in [9.17, 15) is 0 Å². The summed E-state index contributed by atoms with van der Waals surface area (Å²) in [7, 11) is 0. The third kappa shape index (κ3) is 3.43. The van der Waals surface area contributed by atoms with Crippen molar-refractivity contribution >= 4 is 23.7 Å². The first-order valence-corrected chi connectivity index (χ1v) is 6.49. The maximum absolute atomic E-state index is 9.03. The minimum absolute atomic E-state index is 0. The second-order valence-electron chi connectivity index (χ2n) is 4.37. The van der Waals surface area contributed by atoms with E-state index < -0.39 is 0 Å². The lowest BCUT2D eigenvalue weighted by Crippen LogP contribution is -2.51. The zero-order valence-corrected chi connectivity index (χ0v) is 11.2. The van der Waals surface area contributed by atoms with Gasteiger partial charge in [-0.3, -0.25) is 0 Å². The third-order valence-corrected chi connectivity index (χ3v) is 4.26. The van der Waals surface area contributed by atoms with Gasteiger partial charge in [0.05, 0.1) is 5.56 Å². The number of hydrogen-bond acceptors (Lipinski definition) is 4. The standard InChI is InChI=1S/C12H16N2OS.ClH/c13-7-10-6-11(16-9-10)8-14-12(4-5-15)2-1-3-12;/h6,9,14-15H,1-5,8H2;1H. The topological polar surface area (TPSA) is 56.0 Å². The molecule has 2 rings (SSSR count). The van der Waals surface area contributed by atoms with Gasteiger partial charge in [-0.2, -0.15) is 5.26 Å². The monoisotopic (exact) mass is 272 g/mol. The molecule has 1 heterocycles. The van der Waals surface area contributed by atoms with E-state index in [0.717, 1.165) is 31.4 Å². The smallest absolute Gasteiger partial charge is 0.100 e. The first-order valence-electron chi connectivity index (χ1n) is 5.61. The highest BCUT2D eigenvalue weighted by Crippen LogP contribution is 2.35. The highest BCUT2D eigenvalue weighted by molar-refractivity contribution is 7.10. The van der Waals surface area contributed by atoms with Gasteiger partial charge in [0.25, 0.3) is 0 Å². The van der Waals surface area contributed by atoms with E-state index >= 15 is 0 Å². The fourth-order valence-electron chi connectivity index (χ4n) is 2.14. The highest BCUT2D eigenvalue weighted by Gasteiger charge is 2.35. The van der Waals surface area contributed by atoms with Crippen LogP contribution in [0.1, 0.15) is 36.1 Å². The number of halogens is 1. The van der Waals surface area contributed by atoms with Crippen LogP contribution in [0.15, 0.2) is 11.4 Å². The molecule has 0 aromatic carbocycles. The van der Waals surface area contributed by atoms with E-state index in [4.69, 9.17) is 10.4 Å². The zero-order chi connectivity index (χ0) is 11.4. The Morgan fingerprint density at radius 3 is 2.76 bits per heavy atom. The number of hydrogen-bond donors (Lipinski definition) is 2. The van der Waals surface area contributed by atoms with Gasteiger partial charge < -0.3 is 10.4 Å². The van der Waals surface area contributed by atoms with Crippen molar-refractivity contribution in [3.8, 4) is 6.07 Å². The zero-order valence-electron chi connectivity index (χ0n) is 9.61. The van der Waals surface area contributed by atoms with Crippen LogP contribution in [-0.2, 0) is 6.54 Å². The summed E-state index contributed by atoms with van der Waals surface area (Å²) in [6.07, 6.45) is 4.40. The Morgan fingerprint density at radius 1 is 1.53 bits per heavy atom. The first-order chi connectivity index (χ1) is 7.78. The molecule has 3 nitrogen and oxygen atoms in total. The van der Waals surface area contributed by atoms with Crippen LogP contribution >= 0.6 is 23.7 Å². The Morgan fingerprint density at radius 2 is 2.29 bits per heavy atom. The molecule has 0 aliphatic heterocycles. The summed E-state index contributed by atoms with van der Waals surface area (Å²) in [6, 6.07) is 4.07. The summed E-state index contributed by atoms with van der Waals surface area (Å²) in [5, 5.41) is 23.2. The summed E-state index contributed by atoms with van der Waals surface area (Å²) >= 11 is 1.62. The molecule has 0 saturated heterocycles. The molecule has 17 heavy (non-hydrogen) atoms. The molecule has 0 amide bonds. The van der Waals surface area contributed by atoms with Crippen LogP contribution < -0.4 is 5.32 Å². The molecule has 0 atom stereocenters. The lowest BCUT2D eigenvalue weighted by atomic mass is 9.74. The lowest BCUT2D eigenvalue weighted by Gasteiger charge is -2.42. The first kappa shape index (κ1) is 14.5. The fraction of sp³-hybridized carbons (Fsp3) is 0.583. The van der Waals surface area contributed by atoms with Crippen molar-refractivity contribution in [2.45, 2.75) is 37.8 Å². The van der Waals surface area contributed by atoms with Crippen molar-refractivity contribution in [3.63, 3.8) is 0 Å². The number of nitriles is 1. The van der Waals surface area contributed by atoms with Gasteiger partial charge in [0.2, 0.25) is 0 Å². The highest BCUT2D eigenvalue weighted by atomic mass is 35.5. The van der Waals surface area contributed by atoms with Crippen LogP contribution in [-0.4, -0.2) is 17.3 Å². The largest absolute Gasteiger partial charge is 0.396 e. The maximum atomic E-state index is 9.03. The van der Waals surface area contributed by atoms with Gasteiger partial charge in [0.1, 0.15) is 6.07 Å². The third-order valence-electron chi connectivity index (χ3n) is 3.32. The molecule has 1 fully saturated rings. The second kappa shape index (κ2) is 6.36. The molecule has 1 aromatic rings. The molecule has 1 aliphatic carbocycles. The van der Waals surface area contributed by atoms with Crippen molar-refractivity contribution in [2.24, 2.45) is 0 Å². The van der Waals surface area contributed by atoms with Gasteiger partial charge >= 0.3 is 0 Å². The molecule has 0 unspecified atom stereocenters. The number of thiophene rings is 1. The Kier molecular flexibility index (Phi) is 5.41. The molecule has 1 saturated carbocycles. The van der Waals surface area contributed by atoms with E-state index in [2.05, 4.69) is 11.4 Å². The van der Waals surface area contributed by atoms with Gasteiger partial charge in [0, 0.05) is 28.9 Å². The van der Waals surface area contributed by atoms with E-state index in [0.29, 0.717) is 0 Å². The lowest BCUT2D eigenvalue weighted by molar-refractivity contribution is 0.130. The fourth-order valence-corrected chi connectivity index (χ4v) is 2.89. The summed E-state index contributed by atoms with van der Waals surface area (Å²) < 4.78 is 0. The Bertz CT molecular complexity index is 395. The summed E-state index contributed by atoms with van der Waals surface area (Å²) in [5.41, 5.74) is 0.901. The number of nitrogens with one attached hydrogen (secondary N) is 1. The number of nitrogens with zero attached hydrogens (tertiary/aromatic N) is 1. The predicted octanol–water partition coefficient (Wildman–Crippen LogP) is 2.44. The molecule has 94 valence electrons. The van der Waals surface area contributed by atoms with Crippen LogP contribution in [0.4, 0.5) is 0 Å². The predicted molar refractivity (Wildman–Crippen MR) is 71.4 cm³/mol. The molecule has 0 bridgehead atoms. The van der Waals surface area contributed by atoms with Crippen molar-refractivity contribution in [1.82, 2.24) is 5.32 Å². The van der Waals surface area contributed by atoms with Gasteiger partial charge in [-0.1, -0.05) is 0 Å². The molecule has 1 aliphatic rings. The van der Waals surface area contributed by atoms with Crippen LogP contribution in [0.2, 0.25) is 0 Å². The SMILES string of the molecule is Cl.N#Cc1csc(CNC2(CCO)CCC2)c1. The van der Waals surface area contributed by atoms with Gasteiger partial charge in [0.15, 0.2) is 0 Å². The normalized spacial score (nSPS) is 16.7. The van der Waals surface area contributed by atoms with Crippen molar-refractivity contribution in [1.29, 1.82) is 5.26 Å². The van der Waals surface area contributed by atoms with E-state index in [1.54, 1.807) is 11.3 Å². The molecule has 0 spiro atoms. The minimum Gasteiger partial charge on any atom is -0.396 e. The summed E-state index contributed by atoms with van der Waals surface area (Å²) in [4.78, 5) is 1.20. The molecule has 1 aromatic heterocycles. The van der Waals surface area contributed by atoms with Crippen molar-refractivity contribution < 1.29 is 5.11 Å². The van der Waals surface area contributed by atoms with Crippen LogP contribution in [0, 0.1) is 11.3 Å². The number of aliphatic hydroxyl groups is 1. The molecule has 2 N–H and O–H groups in total. The van der Waals surface area contributed by atoms with Crippen molar-refractivity contribution in [3.05, 3.63) is 21.9 Å². The average Bonchev–Trinajstić information content (AvgIpc) is 2.70. The molecule has 0 radical (unpaired) electrons. The van der Waals surface area contributed by atoms with Gasteiger partial charge in [-0.05, 0) is 31.7 Å². The molecular formula is C12H17ClN2OS. The molecular weight excluding hydrogens is 256 g/mol. The summed E-state index contributed by atoms with van der Waals surface area (Å²) in [6.45, 7) is 1.06. The van der Waals surface area contributed by atoms with Gasteiger partial charge in [-0.15, -0.1) is 23.7 Å². The van der Waals surface area contributed by atoms with E-state index in [1.165, 1.54) is 11.3 Å². The van der Waals surface area contributed by atoms with Crippen LogP contribution in [0.5, 0.6) is 0 Å². The van der Waals surface area contributed by atoms with E-state index in [1.807, 2.05) is 11.4 Å². The second-order valence-corrected chi connectivity index (χ2v) is 5.37. The van der Waals surface area contributed by atoms with Crippen LogP contribution in [0.25, 0.3) is 0 Å². The van der Waals surface area contributed by atoms with Crippen LogP contribution in [0.3, 0.4) is 0 Å². The Hall–Kier alpha value is -0.600. The minimum atomic E-state index is 0. The summed E-state index contributed by atoms with van der Waals surface area (Å²) in [5.74, 6) is 0. The Labute approximate surface area is 112 Å². The van der Waals surface area contributed by atoms with Gasteiger partial charge in [-0.25, -0.2) is 0 Å². The average molecular weight is 273 g/mol. The molecule has 5 heteroatoms. The quantitative estimate of drug-likeness (QED) is 0.866. The number of rotatable bonds is 5. The number of aliphatic hydroxyl groups excluding tert-OH is 1.